The molecule has 4 aliphatic carbocycles. The maximum absolute atomic E-state index is 13.8. The number of fused-ring (bicyclic) bond motifs is 4. The van der Waals surface area contributed by atoms with Crippen molar-refractivity contribution < 1.29 is 99.5 Å². The number of nitrogens with one attached hydrogen (secondary N) is 6. The number of primary amides is 1. The van der Waals surface area contributed by atoms with Crippen LogP contribution in [-0.2, 0) is 65.0 Å². The summed E-state index contributed by atoms with van der Waals surface area (Å²) in [6.07, 6.45) is 8.90. The van der Waals surface area contributed by atoms with Crippen molar-refractivity contribution >= 4 is 115 Å². The smallest absolute Gasteiger partial charge is 0.257 e. The molecule has 0 saturated heterocycles. The van der Waals surface area contributed by atoms with Gasteiger partial charge in [-0.05, 0) is 210 Å². The van der Waals surface area contributed by atoms with Gasteiger partial charge in [-0.15, -0.1) is 0 Å². The van der Waals surface area contributed by atoms with Crippen LogP contribution in [0.2, 0.25) is 10.0 Å². The van der Waals surface area contributed by atoms with Gasteiger partial charge >= 0.3 is 0 Å². The third kappa shape index (κ3) is 24.0. The Bertz CT molecular complexity index is 5930. The largest absolute Gasteiger partial charge is 0.493 e. The van der Waals surface area contributed by atoms with Gasteiger partial charge < -0.3 is 94.6 Å². The van der Waals surface area contributed by atoms with Gasteiger partial charge in [0.25, 0.3) is 23.6 Å². The molecule has 718 valence electrons. The molecule has 36 heteroatoms. The highest BCUT2D eigenvalue weighted by Crippen LogP contribution is 2.48. The molecular formula is C99H116Cl2N12O21S. The molecule has 0 radical (unpaired) electrons. The van der Waals surface area contributed by atoms with Crippen molar-refractivity contribution in [3.05, 3.63) is 210 Å². The lowest BCUT2D eigenvalue weighted by Crippen LogP contribution is -2.34. The highest BCUT2D eigenvalue weighted by molar-refractivity contribution is 7.88. The van der Waals surface area contributed by atoms with Gasteiger partial charge in [-0.3, -0.25) is 47.9 Å². The fourth-order valence-corrected chi connectivity index (χ4v) is 17.9. The van der Waals surface area contributed by atoms with Gasteiger partial charge in [-0.1, -0.05) is 71.7 Å². The highest BCUT2D eigenvalue weighted by Gasteiger charge is 2.45. The van der Waals surface area contributed by atoms with Crippen LogP contribution in [0.4, 0.5) is 22.7 Å². The molecule has 0 bridgehead atoms. The first kappa shape index (κ1) is 99.7. The summed E-state index contributed by atoms with van der Waals surface area (Å²) in [5.74, 6) is 2.68. The summed E-state index contributed by atoms with van der Waals surface area (Å²) < 4.78 is 70.3. The predicted molar refractivity (Wildman–Crippen MR) is 507 cm³/mol. The molecule has 4 saturated carbocycles. The zero-order valence-electron chi connectivity index (χ0n) is 77.5. The van der Waals surface area contributed by atoms with E-state index < -0.39 is 34.1 Å². The molecule has 0 aromatic heterocycles. The standard InChI is InChI=1S/C26H30ClN3O5.C25H31N3O6S.C24H26ClN3O5.C24H29N3O5/c1-5-35-22-12-16(8-11-21(22)34-4)20(13-23(31)29(2)3)30-14-17-18(27)9-10-19(24(17)26(30)33)28-25(32)15-6-7-15;1-4-34-22-14-17(10-11-21(22)33-2)20(12-13-26-35(3,31)32)28-15-18-6-5-7-19(23(18)25(28)30)27-24(29)16-8-9-16;1-3-33-20-10-14(6-9-19(20)32-2)18(11-21(26)29)28-12-15-16(25)7-8-17(22(15)24(28)31)27-23(30)13-4-5-13;1-3-32-21-13-16(9-10-20(21)31-2)19(11-12-25-30)27-14-17-5-4-6-18(22(17)24(27)29)26-23(28)15-7-8-15/h8-12,15,20H,5-7,13-14H2,1-4H3,(H,28,32);5-7,10-11,14,16,20,26H,4,8-9,12-13,15H2,1-3H3,(H,27,29);6-10,13,18H,3-5,11-12H2,1-2H3,(H2,26,29)(H,27,30);4-6,9-10,13,15,19,25,30H,3,7-8,11-12,14H2,1-2H3,(H,26,28)/t2*20-;18-;19-/m1011/s1. The number of carbonyl (C=O) groups is 10. The molecular weight excluding hydrogens is 1800 g/mol. The van der Waals surface area contributed by atoms with Crippen molar-refractivity contribution in [2.24, 2.45) is 29.4 Å². The van der Waals surface area contributed by atoms with E-state index in [1.54, 1.807) is 129 Å². The highest BCUT2D eigenvalue weighted by atomic mass is 35.5. The Morgan fingerprint density at radius 1 is 0.422 bits per heavy atom. The van der Waals surface area contributed by atoms with E-state index in [0.717, 1.165) is 85.4 Å². The monoisotopic (exact) mass is 1910 g/mol. The molecule has 16 rings (SSSR count). The van der Waals surface area contributed by atoms with Crippen LogP contribution in [0.5, 0.6) is 46.0 Å². The maximum atomic E-state index is 13.8. The number of carbonyl (C=O) groups excluding carboxylic acids is 10. The average molecular weight is 1910 g/mol. The Morgan fingerprint density at radius 3 is 1.02 bits per heavy atom. The number of sulfonamides is 1. The zero-order valence-corrected chi connectivity index (χ0v) is 79.8. The SMILES string of the molecule is CCOc1cc([C@@H](CC(=O)N(C)C)N2Cc3c(Cl)ccc(NC(=O)C4CC4)c3C2=O)ccc1OC.CCOc1cc([C@@H](CC(N)=O)N2Cc3c(Cl)ccc(NC(=O)C4CC4)c3C2=O)ccc1OC.CCOc1cc([C@@H](CCNO)N2Cc3cccc(NC(=O)C4CC4)c3C2=O)ccc1OC.CCOc1cc([C@H](CCNS(C)(=O)=O)N2Cc3cccc(NC(=O)C4CC4)c3C2=O)ccc1OC. The lowest BCUT2D eigenvalue weighted by atomic mass is 10.0. The Labute approximate surface area is 794 Å². The molecule has 4 aliphatic heterocycles. The van der Waals surface area contributed by atoms with E-state index in [9.17, 15) is 61.6 Å². The van der Waals surface area contributed by atoms with E-state index in [0.29, 0.717) is 177 Å². The number of benzene rings is 8. The second-order valence-corrected chi connectivity index (χ2v) is 36.8. The van der Waals surface area contributed by atoms with Crippen molar-refractivity contribution in [1.82, 2.24) is 34.7 Å². The molecule has 0 unspecified atom stereocenters. The third-order valence-electron chi connectivity index (χ3n) is 24.4. The Balaban J connectivity index is 0.000000153. The molecule has 9 N–H and O–H groups in total. The lowest BCUT2D eigenvalue weighted by molar-refractivity contribution is -0.130. The maximum Gasteiger partial charge on any atom is 0.257 e. The third-order valence-corrected chi connectivity index (χ3v) is 25.9. The molecule has 4 atom stereocenters. The summed E-state index contributed by atoms with van der Waals surface area (Å²) in [6, 6.07) is 37.6. The fraction of sp³-hybridized carbons (Fsp3) is 0.414. The van der Waals surface area contributed by atoms with Crippen molar-refractivity contribution in [3.63, 3.8) is 0 Å². The molecule has 8 aromatic rings. The van der Waals surface area contributed by atoms with Gasteiger partial charge in [0.15, 0.2) is 46.0 Å². The van der Waals surface area contributed by atoms with Crippen molar-refractivity contribution in [1.29, 1.82) is 0 Å². The van der Waals surface area contributed by atoms with Crippen LogP contribution >= 0.6 is 23.2 Å². The number of methoxy groups -OCH3 is 4. The molecule has 4 heterocycles. The van der Waals surface area contributed by atoms with Crippen LogP contribution in [-0.4, -0.2) is 186 Å². The zero-order chi connectivity index (χ0) is 96.8. The van der Waals surface area contributed by atoms with Crippen molar-refractivity contribution in [2.75, 3.05) is 110 Å². The normalized spacial score (nSPS) is 15.8. The number of halogens is 2. The summed E-state index contributed by atoms with van der Waals surface area (Å²) in [7, 11) is 6.22. The average Bonchev–Trinajstić information content (AvgIpc) is 1.61. The second kappa shape index (κ2) is 44.6. The van der Waals surface area contributed by atoms with E-state index in [2.05, 4.69) is 31.5 Å². The number of nitrogens with zero attached hydrogens (tertiary/aromatic N) is 5. The van der Waals surface area contributed by atoms with Crippen LogP contribution in [0.15, 0.2) is 133 Å². The van der Waals surface area contributed by atoms with Gasteiger partial charge in [-0.2, -0.15) is 0 Å². The molecule has 8 aliphatic rings. The van der Waals surface area contributed by atoms with E-state index in [-0.39, 0.29) is 115 Å². The summed E-state index contributed by atoms with van der Waals surface area (Å²) >= 11 is 12.9. The number of nitrogens with two attached hydrogens (primary N) is 1. The van der Waals surface area contributed by atoms with Crippen LogP contribution in [0.3, 0.4) is 0 Å². The quantitative estimate of drug-likeness (QED) is 0.0166. The predicted octanol–water partition coefficient (Wildman–Crippen LogP) is 14.5. The molecule has 10 amide bonds. The molecule has 135 heavy (non-hydrogen) atoms. The molecule has 33 nitrogen and oxygen atoms in total. The Kier molecular flexibility index (Phi) is 33.0. The summed E-state index contributed by atoms with van der Waals surface area (Å²) in [5.41, 5.74) is 17.5. The van der Waals surface area contributed by atoms with E-state index in [1.165, 1.54) is 4.90 Å². The van der Waals surface area contributed by atoms with Crippen LogP contribution in [0, 0.1) is 23.7 Å². The van der Waals surface area contributed by atoms with Gasteiger partial charge in [0, 0.05) is 98.2 Å². The number of amides is 10. The number of rotatable bonds is 39. The van der Waals surface area contributed by atoms with Gasteiger partial charge in [0.05, 0.1) is 143 Å². The van der Waals surface area contributed by atoms with Gasteiger partial charge in [0.1, 0.15) is 0 Å². The molecule has 8 aromatic carbocycles. The van der Waals surface area contributed by atoms with Crippen LogP contribution in [0.1, 0.15) is 215 Å². The minimum Gasteiger partial charge on any atom is -0.493 e. The van der Waals surface area contributed by atoms with Crippen molar-refractivity contribution in [2.45, 2.75) is 155 Å². The van der Waals surface area contributed by atoms with Crippen LogP contribution in [0.25, 0.3) is 0 Å². The van der Waals surface area contributed by atoms with E-state index in [1.807, 2.05) is 94.4 Å². The minimum atomic E-state index is -3.39. The summed E-state index contributed by atoms with van der Waals surface area (Å²) in [4.78, 5) is 137. The number of hydrogen-bond donors (Lipinski definition) is 8. The minimum absolute atomic E-state index is 0.00400. The number of hydroxylamine groups is 1. The first-order valence-electron chi connectivity index (χ1n) is 45.2. The van der Waals surface area contributed by atoms with Gasteiger partial charge in [0.2, 0.25) is 45.5 Å². The van der Waals surface area contributed by atoms with Crippen LogP contribution < -0.4 is 75.1 Å². The van der Waals surface area contributed by atoms with E-state index in [4.69, 9.17) is 66.8 Å². The fourth-order valence-electron chi connectivity index (χ4n) is 16.9. The Hall–Kier alpha value is -12.7. The number of ether oxygens (including phenoxy) is 8. The number of hydrogen-bond acceptors (Lipinski definition) is 22. The van der Waals surface area contributed by atoms with E-state index >= 15 is 0 Å². The topological polar surface area (TPSA) is 413 Å². The number of anilines is 4. The second-order valence-electron chi connectivity index (χ2n) is 34.1. The first-order valence-corrected chi connectivity index (χ1v) is 47.9. The summed E-state index contributed by atoms with van der Waals surface area (Å²) in [6.45, 7) is 10.9. The van der Waals surface area contributed by atoms with Crippen molar-refractivity contribution in [3.8, 4) is 46.0 Å². The van der Waals surface area contributed by atoms with Gasteiger partial charge in [-0.25, -0.2) is 18.6 Å². The summed E-state index contributed by atoms with van der Waals surface area (Å²) in [5, 5.41) is 21.7. The molecule has 0 spiro atoms. The molecule has 4 fully saturated rings. The lowest BCUT2D eigenvalue weighted by Gasteiger charge is -2.29. The Morgan fingerprint density at radius 2 is 0.726 bits per heavy atom. The first-order chi connectivity index (χ1) is 64.9.